The molecule has 3 aromatic heterocycles. The minimum atomic E-state index is -4.65. The van der Waals surface area contributed by atoms with Gasteiger partial charge in [-0.05, 0) is 17.7 Å². The number of aromatic nitrogens is 6. The average molecular weight is 373 g/mol. The number of nitrogens with one attached hydrogen (secondary N) is 1. The van der Waals surface area contributed by atoms with Gasteiger partial charge in [0.1, 0.15) is 17.7 Å². The molecule has 7 nitrogen and oxygen atoms in total. The van der Waals surface area contributed by atoms with Gasteiger partial charge in [-0.3, -0.25) is 0 Å². The third kappa shape index (κ3) is 3.21. The minimum Gasteiger partial charge on any atom is -0.355 e. The van der Waals surface area contributed by atoms with Crippen molar-refractivity contribution in [1.29, 1.82) is 0 Å². The predicted molar refractivity (Wildman–Crippen MR) is 90.9 cm³/mol. The second kappa shape index (κ2) is 6.38. The van der Waals surface area contributed by atoms with E-state index in [0.717, 1.165) is 5.56 Å². The smallest absolute Gasteiger partial charge is 0.355 e. The Labute approximate surface area is 151 Å². The SMILES string of the molecule is Cn1ccnc1[C@H](Nc1ccc2nnc(C(F)(F)F)n2n1)c1ccccc1. The van der Waals surface area contributed by atoms with Gasteiger partial charge in [0.15, 0.2) is 5.65 Å². The summed E-state index contributed by atoms with van der Waals surface area (Å²) in [5.74, 6) is -0.234. The van der Waals surface area contributed by atoms with Crippen molar-refractivity contribution in [2.45, 2.75) is 12.2 Å². The zero-order valence-electron chi connectivity index (χ0n) is 14.1. The zero-order chi connectivity index (χ0) is 19.0. The summed E-state index contributed by atoms with van der Waals surface area (Å²) in [5, 5.41) is 13.9. The van der Waals surface area contributed by atoms with Crippen LogP contribution in [0, 0.1) is 0 Å². The largest absolute Gasteiger partial charge is 0.453 e. The number of halogens is 3. The Morgan fingerprint density at radius 3 is 2.48 bits per heavy atom. The third-order valence-electron chi connectivity index (χ3n) is 4.06. The summed E-state index contributed by atoms with van der Waals surface area (Å²) in [7, 11) is 1.85. The van der Waals surface area contributed by atoms with E-state index < -0.39 is 18.0 Å². The maximum absolute atomic E-state index is 13.1. The van der Waals surface area contributed by atoms with Crippen molar-refractivity contribution in [2.24, 2.45) is 7.05 Å². The number of rotatable bonds is 4. The summed E-state index contributed by atoms with van der Waals surface area (Å²) in [6.45, 7) is 0. The highest BCUT2D eigenvalue weighted by atomic mass is 19.4. The fraction of sp³-hybridized carbons (Fsp3) is 0.176. The molecule has 0 spiro atoms. The van der Waals surface area contributed by atoms with E-state index in [9.17, 15) is 13.2 Å². The number of alkyl halides is 3. The maximum Gasteiger partial charge on any atom is 0.453 e. The monoisotopic (exact) mass is 373 g/mol. The van der Waals surface area contributed by atoms with Gasteiger partial charge in [-0.15, -0.1) is 15.3 Å². The fourth-order valence-corrected chi connectivity index (χ4v) is 2.79. The van der Waals surface area contributed by atoms with Gasteiger partial charge in [0.2, 0.25) is 0 Å². The molecule has 1 aromatic carbocycles. The normalized spacial score (nSPS) is 13.0. The van der Waals surface area contributed by atoms with Crippen molar-refractivity contribution < 1.29 is 13.2 Å². The summed E-state index contributed by atoms with van der Waals surface area (Å²) < 4.78 is 41.8. The van der Waals surface area contributed by atoms with Gasteiger partial charge in [-0.1, -0.05) is 30.3 Å². The molecule has 0 aliphatic carbocycles. The van der Waals surface area contributed by atoms with Crippen molar-refractivity contribution in [3.63, 3.8) is 0 Å². The Balaban J connectivity index is 1.76. The molecule has 0 aliphatic heterocycles. The number of benzene rings is 1. The summed E-state index contributed by atoms with van der Waals surface area (Å²) in [6, 6.07) is 12.0. The van der Waals surface area contributed by atoms with Crippen LogP contribution in [0.4, 0.5) is 19.0 Å². The molecule has 0 aliphatic rings. The Kier molecular flexibility index (Phi) is 4.02. The van der Waals surface area contributed by atoms with E-state index in [1.807, 2.05) is 41.9 Å². The number of fused-ring (bicyclic) bond motifs is 1. The standard InChI is InChI=1S/C17H14F3N7/c1-26-10-9-21-15(26)14(11-5-3-2-4-6-11)22-12-7-8-13-23-24-16(17(18,19)20)27(13)25-12/h2-10,14H,1H3,(H,22,25)/t14-/m1/s1. The predicted octanol–water partition coefficient (Wildman–Crippen LogP) is 3.08. The van der Waals surface area contributed by atoms with Crippen LogP contribution in [0.25, 0.3) is 5.65 Å². The Morgan fingerprint density at radius 2 is 1.81 bits per heavy atom. The van der Waals surface area contributed by atoms with Crippen molar-refractivity contribution in [2.75, 3.05) is 5.32 Å². The Morgan fingerprint density at radius 1 is 1.04 bits per heavy atom. The molecule has 138 valence electrons. The molecular weight excluding hydrogens is 359 g/mol. The second-order valence-electron chi connectivity index (χ2n) is 5.89. The van der Waals surface area contributed by atoms with Crippen molar-refractivity contribution >= 4 is 11.5 Å². The molecule has 0 saturated heterocycles. The van der Waals surface area contributed by atoms with Crippen LogP contribution in [-0.2, 0) is 13.2 Å². The highest BCUT2D eigenvalue weighted by Crippen LogP contribution is 2.29. The summed E-state index contributed by atoms with van der Waals surface area (Å²) >= 11 is 0. The van der Waals surface area contributed by atoms with E-state index in [4.69, 9.17) is 0 Å². The van der Waals surface area contributed by atoms with Gasteiger partial charge in [0.05, 0.1) is 0 Å². The molecule has 0 bridgehead atoms. The van der Waals surface area contributed by atoms with E-state index >= 15 is 0 Å². The number of hydrogen-bond donors (Lipinski definition) is 1. The molecule has 27 heavy (non-hydrogen) atoms. The first-order valence-corrected chi connectivity index (χ1v) is 8.02. The van der Waals surface area contributed by atoms with Gasteiger partial charge in [0.25, 0.3) is 5.82 Å². The fourth-order valence-electron chi connectivity index (χ4n) is 2.79. The molecule has 0 radical (unpaired) electrons. The van der Waals surface area contributed by atoms with Gasteiger partial charge in [0, 0.05) is 19.4 Å². The first-order chi connectivity index (χ1) is 12.9. The van der Waals surface area contributed by atoms with Crippen LogP contribution in [0.5, 0.6) is 0 Å². The Bertz CT molecular complexity index is 1070. The molecule has 3 heterocycles. The van der Waals surface area contributed by atoms with Gasteiger partial charge >= 0.3 is 6.18 Å². The summed E-state index contributed by atoms with van der Waals surface area (Å²) in [6.07, 6.45) is -1.19. The van der Waals surface area contributed by atoms with Gasteiger partial charge in [-0.2, -0.15) is 17.7 Å². The van der Waals surface area contributed by atoms with Crippen molar-refractivity contribution in [1.82, 2.24) is 29.4 Å². The molecule has 0 amide bonds. The highest BCUT2D eigenvalue weighted by molar-refractivity contribution is 5.47. The first-order valence-electron chi connectivity index (χ1n) is 8.02. The molecule has 10 heteroatoms. The lowest BCUT2D eigenvalue weighted by Gasteiger charge is -2.19. The zero-order valence-corrected chi connectivity index (χ0v) is 14.1. The number of nitrogens with zero attached hydrogens (tertiary/aromatic N) is 6. The quantitative estimate of drug-likeness (QED) is 0.595. The highest BCUT2D eigenvalue weighted by Gasteiger charge is 2.37. The lowest BCUT2D eigenvalue weighted by molar-refractivity contribution is -0.146. The molecule has 0 fully saturated rings. The van der Waals surface area contributed by atoms with E-state index in [1.165, 1.54) is 6.07 Å². The average Bonchev–Trinajstić information content (AvgIpc) is 3.26. The van der Waals surface area contributed by atoms with E-state index in [1.54, 1.807) is 18.5 Å². The lowest BCUT2D eigenvalue weighted by Crippen LogP contribution is -2.19. The third-order valence-corrected chi connectivity index (χ3v) is 4.06. The van der Waals surface area contributed by atoms with E-state index in [0.29, 0.717) is 10.3 Å². The van der Waals surface area contributed by atoms with Crippen molar-refractivity contribution in [3.05, 3.63) is 72.1 Å². The lowest BCUT2D eigenvalue weighted by atomic mass is 10.1. The maximum atomic E-state index is 13.1. The molecule has 0 unspecified atom stereocenters. The molecule has 1 atom stereocenters. The minimum absolute atomic E-state index is 0.0149. The van der Waals surface area contributed by atoms with Crippen LogP contribution in [-0.4, -0.2) is 29.4 Å². The van der Waals surface area contributed by atoms with Crippen LogP contribution in [0.3, 0.4) is 0 Å². The van der Waals surface area contributed by atoms with Crippen LogP contribution in [0.1, 0.15) is 23.3 Å². The number of hydrogen-bond acceptors (Lipinski definition) is 5. The number of imidazole rings is 1. The molecular formula is C17H14F3N7. The van der Waals surface area contributed by atoms with Crippen LogP contribution < -0.4 is 5.32 Å². The van der Waals surface area contributed by atoms with Crippen molar-refractivity contribution in [3.8, 4) is 0 Å². The summed E-state index contributed by atoms with van der Waals surface area (Å²) in [5.41, 5.74) is 0.912. The van der Waals surface area contributed by atoms with Crippen LogP contribution in [0.2, 0.25) is 0 Å². The molecule has 4 aromatic rings. The molecule has 0 saturated carbocycles. The molecule has 1 N–H and O–H groups in total. The van der Waals surface area contributed by atoms with E-state index in [-0.39, 0.29) is 11.5 Å². The first kappa shape index (κ1) is 17.0. The summed E-state index contributed by atoms with van der Waals surface area (Å²) in [4.78, 5) is 4.36. The topological polar surface area (TPSA) is 72.9 Å². The Hall–Kier alpha value is -3.43. The van der Waals surface area contributed by atoms with Gasteiger partial charge < -0.3 is 9.88 Å². The van der Waals surface area contributed by atoms with Crippen LogP contribution >= 0.6 is 0 Å². The number of aryl methyl sites for hydroxylation is 1. The van der Waals surface area contributed by atoms with Crippen LogP contribution in [0.15, 0.2) is 54.9 Å². The van der Waals surface area contributed by atoms with Gasteiger partial charge in [-0.25, -0.2) is 4.98 Å². The van der Waals surface area contributed by atoms with E-state index in [2.05, 4.69) is 25.6 Å². The second-order valence-corrected chi connectivity index (χ2v) is 5.89. The molecule has 4 rings (SSSR count). The number of anilines is 1.